The Balaban J connectivity index is 2.29. The van der Waals surface area contributed by atoms with Gasteiger partial charge in [-0.2, -0.15) is 0 Å². The molecule has 0 radical (unpaired) electrons. The van der Waals surface area contributed by atoms with Gasteiger partial charge >= 0.3 is 0 Å². The molecule has 102 valence electrons. The maximum atomic E-state index is 13.4. The molecule has 0 unspecified atom stereocenters. The second-order valence-corrected chi connectivity index (χ2v) is 4.90. The van der Waals surface area contributed by atoms with Crippen LogP contribution in [-0.4, -0.2) is 19.1 Å². The van der Waals surface area contributed by atoms with E-state index in [2.05, 4.69) is 24.5 Å². The van der Waals surface area contributed by atoms with Gasteiger partial charge in [-0.3, -0.25) is 0 Å². The van der Waals surface area contributed by atoms with Crippen LogP contribution in [0.25, 0.3) is 0 Å². The highest BCUT2D eigenvalue weighted by Gasteiger charge is 2.07. The maximum Gasteiger partial charge on any atom is 0.142 e. The topological polar surface area (TPSA) is 24.1 Å². The summed E-state index contributed by atoms with van der Waals surface area (Å²) in [6, 6.07) is 2.61. The number of benzene rings is 1. The molecule has 1 aromatic rings. The molecule has 18 heavy (non-hydrogen) atoms. The lowest BCUT2D eigenvalue weighted by Crippen LogP contribution is -2.26. The van der Waals surface area contributed by atoms with Crippen molar-refractivity contribution in [2.75, 3.05) is 13.1 Å². The van der Waals surface area contributed by atoms with Crippen molar-refractivity contribution >= 4 is 11.6 Å². The second kappa shape index (κ2) is 7.67. The van der Waals surface area contributed by atoms with E-state index in [9.17, 15) is 8.78 Å². The molecule has 0 fully saturated rings. The van der Waals surface area contributed by atoms with Crippen molar-refractivity contribution in [2.24, 2.45) is 0 Å². The van der Waals surface area contributed by atoms with Crippen LogP contribution in [0.1, 0.15) is 25.8 Å². The van der Waals surface area contributed by atoms with Crippen LogP contribution in [0.15, 0.2) is 12.1 Å². The van der Waals surface area contributed by atoms with Crippen molar-refractivity contribution in [2.45, 2.75) is 32.9 Å². The van der Waals surface area contributed by atoms with Gasteiger partial charge in [-0.05, 0) is 31.6 Å². The average Bonchev–Trinajstić information content (AvgIpc) is 2.29. The van der Waals surface area contributed by atoms with Gasteiger partial charge in [0.25, 0.3) is 0 Å². The SMILES string of the molecule is CC(C)NCCCNCc1cc(F)c(Cl)cc1F. The highest BCUT2D eigenvalue weighted by Crippen LogP contribution is 2.19. The Hall–Kier alpha value is -0.710. The zero-order valence-corrected chi connectivity index (χ0v) is 11.5. The summed E-state index contributed by atoms with van der Waals surface area (Å²) in [7, 11) is 0. The summed E-state index contributed by atoms with van der Waals surface area (Å²) in [4.78, 5) is 0. The molecular formula is C13H19ClF2N2. The van der Waals surface area contributed by atoms with Crippen LogP contribution in [0.3, 0.4) is 0 Å². The third kappa shape index (κ3) is 5.29. The van der Waals surface area contributed by atoms with Gasteiger partial charge in [0.15, 0.2) is 0 Å². The van der Waals surface area contributed by atoms with E-state index in [0.717, 1.165) is 31.6 Å². The molecule has 5 heteroatoms. The van der Waals surface area contributed by atoms with Crippen LogP contribution in [0, 0.1) is 11.6 Å². The van der Waals surface area contributed by atoms with Gasteiger partial charge in [-0.25, -0.2) is 8.78 Å². The molecule has 0 aliphatic heterocycles. The maximum absolute atomic E-state index is 13.4. The fraction of sp³-hybridized carbons (Fsp3) is 0.538. The molecule has 1 aromatic carbocycles. The third-order valence-corrected chi connectivity index (χ3v) is 2.78. The summed E-state index contributed by atoms with van der Waals surface area (Å²) in [6.07, 6.45) is 0.940. The smallest absolute Gasteiger partial charge is 0.142 e. The number of rotatable bonds is 7. The summed E-state index contributed by atoms with van der Waals surface area (Å²) in [6.45, 7) is 6.13. The molecule has 0 aromatic heterocycles. The van der Waals surface area contributed by atoms with E-state index >= 15 is 0 Å². The Morgan fingerprint density at radius 1 is 1.17 bits per heavy atom. The van der Waals surface area contributed by atoms with E-state index < -0.39 is 11.6 Å². The molecule has 0 saturated carbocycles. The normalized spacial score (nSPS) is 11.2. The molecule has 2 nitrogen and oxygen atoms in total. The predicted molar refractivity (Wildman–Crippen MR) is 70.8 cm³/mol. The van der Waals surface area contributed by atoms with Crippen molar-refractivity contribution in [3.63, 3.8) is 0 Å². The quantitative estimate of drug-likeness (QED) is 0.591. The Kier molecular flexibility index (Phi) is 6.54. The summed E-state index contributed by atoms with van der Waals surface area (Å²) >= 11 is 5.47. The van der Waals surface area contributed by atoms with Crippen molar-refractivity contribution in [1.82, 2.24) is 10.6 Å². The molecule has 0 aliphatic carbocycles. The minimum atomic E-state index is -0.587. The van der Waals surface area contributed by atoms with Crippen LogP contribution in [0.4, 0.5) is 8.78 Å². The third-order valence-electron chi connectivity index (χ3n) is 2.49. The minimum absolute atomic E-state index is 0.183. The molecule has 0 amide bonds. The fourth-order valence-electron chi connectivity index (χ4n) is 1.53. The van der Waals surface area contributed by atoms with E-state index in [-0.39, 0.29) is 5.02 Å². The lowest BCUT2D eigenvalue weighted by molar-refractivity contribution is 0.536. The number of halogens is 3. The molecule has 0 aliphatic rings. The van der Waals surface area contributed by atoms with Gasteiger partial charge in [0, 0.05) is 18.2 Å². The second-order valence-electron chi connectivity index (χ2n) is 4.50. The van der Waals surface area contributed by atoms with E-state index in [0.29, 0.717) is 18.2 Å². The largest absolute Gasteiger partial charge is 0.314 e. The molecule has 0 spiro atoms. The van der Waals surface area contributed by atoms with Crippen LogP contribution >= 0.6 is 11.6 Å². The molecule has 1 rings (SSSR count). The van der Waals surface area contributed by atoms with Gasteiger partial charge in [-0.1, -0.05) is 25.4 Å². The highest BCUT2D eigenvalue weighted by molar-refractivity contribution is 6.30. The molecule has 0 heterocycles. The van der Waals surface area contributed by atoms with E-state index in [1.54, 1.807) is 0 Å². The lowest BCUT2D eigenvalue weighted by Gasteiger charge is -2.09. The number of hydrogen-bond acceptors (Lipinski definition) is 2. The van der Waals surface area contributed by atoms with Crippen LogP contribution in [0.5, 0.6) is 0 Å². The Labute approximate surface area is 112 Å². The molecule has 0 atom stereocenters. The van der Waals surface area contributed by atoms with Crippen LogP contribution in [-0.2, 0) is 6.54 Å². The molecule has 2 N–H and O–H groups in total. The first kappa shape index (κ1) is 15.3. The summed E-state index contributed by atoms with van der Waals surface area (Å²) in [5.74, 6) is -1.06. The van der Waals surface area contributed by atoms with E-state index in [1.807, 2.05) is 0 Å². The average molecular weight is 277 g/mol. The highest BCUT2D eigenvalue weighted by atomic mass is 35.5. The Morgan fingerprint density at radius 3 is 2.56 bits per heavy atom. The lowest BCUT2D eigenvalue weighted by atomic mass is 10.2. The van der Waals surface area contributed by atoms with Gasteiger partial charge in [0.2, 0.25) is 0 Å². The zero-order valence-electron chi connectivity index (χ0n) is 10.7. The number of nitrogens with one attached hydrogen (secondary N) is 2. The van der Waals surface area contributed by atoms with Gasteiger partial charge in [-0.15, -0.1) is 0 Å². The van der Waals surface area contributed by atoms with Crippen LogP contribution < -0.4 is 10.6 Å². The van der Waals surface area contributed by atoms with Crippen LogP contribution in [0.2, 0.25) is 5.02 Å². The first-order valence-electron chi connectivity index (χ1n) is 6.08. The summed E-state index contributed by atoms with van der Waals surface area (Å²) in [5, 5.41) is 6.17. The minimum Gasteiger partial charge on any atom is -0.314 e. The van der Waals surface area contributed by atoms with Gasteiger partial charge in [0.1, 0.15) is 11.6 Å². The standard InChI is InChI=1S/C13H19ClF2N2/c1-9(2)18-5-3-4-17-8-10-6-13(16)11(14)7-12(10)15/h6-7,9,17-18H,3-5,8H2,1-2H3. The fourth-order valence-corrected chi connectivity index (χ4v) is 1.68. The summed E-state index contributed by atoms with van der Waals surface area (Å²) < 4.78 is 26.5. The van der Waals surface area contributed by atoms with E-state index in [1.165, 1.54) is 0 Å². The van der Waals surface area contributed by atoms with Crippen molar-refractivity contribution in [1.29, 1.82) is 0 Å². The van der Waals surface area contributed by atoms with Crippen molar-refractivity contribution in [3.8, 4) is 0 Å². The molecule has 0 saturated heterocycles. The molecular weight excluding hydrogens is 258 g/mol. The monoisotopic (exact) mass is 276 g/mol. The number of hydrogen-bond donors (Lipinski definition) is 2. The van der Waals surface area contributed by atoms with E-state index in [4.69, 9.17) is 11.6 Å². The predicted octanol–water partition coefficient (Wildman–Crippen LogP) is 3.10. The van der Waals surface area contributed by atoms with Crippen molar-refractivity contribution in [3.05, 3.63) is 34.4 Å². The Morgan fingerprint density at radius 2 is 1.89 bits per heavy atom. The van der Waals surface area contributed by atoms with Gasteiger partial charge in [0.05, 0.1) is 5.02 Å². The first-order chi connectivity index (χ1) is 8.50. The Bertz CT molecular complexity index is 383. The summed E-state index contributed by atoms with van der Waals surface area (Å²) in [5.41, 5.74) is 0.300. The van der Waals surface area contributed by atoms with Gasteiger partial charge < -0.3 is 10.6 Å². The first-order valence-corrected chi connectivity index (χ1v) is 6.46. The zero-order chi connectivity index (χ0) is 13.5. The molecule has 0 bridgehead atoms. The van der Waals surface area contributed by atoms with Crippen molar-refractivity contribution < 1.29 is 8.78 Å².